The van der Waals surface area contributed by atoms with Crippen molar-refractivity contribution in [2.45, 2.75) is 25.2 Å². The highest BCUT2D eigenvalue weighted by Crippen LogP contribution is 2.26. The van der Waals surface area contributed by atoms with Crippen LogP contribution in [0.5, 0.6) is 0 Å². The first-order valence-electron chi connectivity index (χ1n) is 13.5. The molecule has 0 bridgehead atoms. The molecule has 3 aromatic carbocycles. The van der Waals surface area contributed by atoms with E-state index in [-0.39, 0.29) is 23.5 Å². The largest absolute Gasteiger partial charge is 0.341 e. The molecule has 196 valence electrons. The summed E-state index contributed by atoms with van der Waals surface area (Å²) in [6.45, 7) is 3.42. The van der Waals surface area contributed by atoms with Crippen molar-refractivity contribution in [2.75, 3.05) is 33.2 Å². The zero-order valence-corrected chi connectivity index (χ0v) is 22.3. The van der Waals surface area contributed by atoms with E-state index in [4.69, 9.17) is 0 Å². The maximum Gasteiger partial charge on any atom is 0.253 e. The summed E-state index contributed by atoms with van der Waals surface area (Å²) in [5.74, 6) is 1.04. The molecule has 5 rings (SSSR count). The molecule has 1 fully saturated rings. The summed E-state index contributed by atoms with van der Waals surface area (Å²) in [7, 11) is 3.82. The first-order valence-corrected chi connectivity index (χ1v) is 13.5. The summed E-state index contributed by atoms with van der Waals surface area (Å²) in [5, 5.41) is 0. The van der Waals surface area contributed by atoms with Gasteiger partial charge in [0.25, 0.3) is 5.91 Å². The smallest absolute Gasteiger partial charge is 0.253 e. The molecule has 6 heteroatoms. The minimum atomic E-state index is 0.0151. The van der Waals surface area contributed by atoms with Crippen molar-refractivity contribution < 1.29 is 9.59 Å². The molecule has 1 aliphatic rings. The number of para-hydroxylation sites is 2. The third kappa shape index (κ3) is 5.70. The second-order valence-electron chi connectivity index (χ2n) is 10.4. The molecule has 0 aliphatic carbocycles. The van der Waals surface area contributed by atoms with Crippen molar-refractivity contribution in [1.29, 1.82) is 0 Å². The van der Waals surface area contributed by atoms with Crippen molar-refractivity contribution in [3.8, 4) is 0 Å². The molecule has 0 saturated carbocycles. The highest BCUT2D eigenvalue weighted by atomic mass is 16.2. The van der Waals surface area contributed by atoms with E-state index in [1.54, 1.807) is 0 Å². The average Bonchev–Trinajstić information content (AvgIpc) is 3.31. The van der Waals surface area contributed by atoms with Gasteiger partial charge in [0, 0.05) is 38.0 Å². The molecular weight excluding hydrogens is 472 g/mol. The number of aromatic nitrogens is 2. The van der Waals surface area contributed by atoms with Crippen molar-refractivity contribution >= 4 is 22.7 Å². The Balaban J connectivity index is 1.19. The quantitative estimate of drug-likeness (QED) is 0.284. The molecule has 4 aromatic rings. The zero-order chi connectivity index (χ0) is 26.5. The summed E-state index contributed by atoms with van der Waals surface area (Å²) < 4.78 is 1.93. The van der Waals surface area contributed by atoms with Crippen molar-refractivity contribution in [2.24, 2.45) is 13.0 Å². The Hall–Kier alpha value is -3.77. The fourth-order valence-electron chi connectivity index (χ4n) is 5.61. The van der Waals surface area contributed by atoms with E-state index >= 15 is 0 Å². The summed E-state index contributed by atoms with van der Waals surface area (Å²) in [6.07, 6.45) is 2.66. The maximum atomic E-state index is 13.3. The van der Waals surface area contributed by atoms with E-state index < -0.39 is 0 Å². The number of aryl methyl sites for hydroxylation is 1. The van der Waals surface area contributed by atoms with Gasteiger partial charge in [-0.15, -0.1) is 0 Å². The van der Waals surface area contributed by atoms with Crippen LogP contribution in [-0.2, 0) is 7.05 Å². The number of ketones is 1. The van der Waals surface area contributed by atoms with Crippen LogP contribution in [0.2, 0.25) is 0 Å². The van der Waals surface area contributed by atoms with E-state index in [9.17, 15) is 9.59 Å². The summed E-state index contributed by atoms with van der Waals surface area (Å²) in [6, 6.07) is 27.9. The second-order valence-corrected chi connectivity index (χ2v) is 10.4. The predicted octanol–water partition coefficient (Wildman–Crippen LogP) is 5.41. The average molecular weight is 509 g/mol. The van der Waals surface area contributed by atoms with Crippen molar-refractivity contribution in [3.63, 3.8) is 0 Å². The Morgan fingerprint density at radius 2 is 1.55 bits per heavy atom. The molecule has 0 radical (unpaired) electrons. The van der Waals surface area contributed by atoms with Gasteiger partial charge in [-0.05, 0) is 68.7 Å². The summed E-state index contributed by atoms with van der Waals surface area (Å²) >= 11 is 0. The van der Waals surface area contributed by atoms with Crippen LogP contribution in [0, 0.1) is 5.92 Å². The van der Waals surface area contributed by atoms with Crippen LogP contribution in [0.15, 0.2) is 84.9 Å². The minimum Gasteiger partial charge on any atom is -0.341 e. The number of fused-ring (bicyclic) bond motifs is 1. The van der Waals surface area contributed by atoms with E-state index in [1.807, 2.05) is 84.2 Å². The van der Waals surface area contributed by atoms with Crippen LogP contribution < -0.4 is 0 Å². The summed E-state index contributed by atoms with van der Waals surface area (Å²) in [4.78, 5) is 35.2. The Labute approximate surface area is 224 Å². The molecule has 1 amide bonds. The molecule has 0 spiro atoms. The minimum absolute atomic E-state index is 0.0151. The lowest BCUT2D eigenvalue weighted by Crippen LogP contribution is -2.38. The number of carbonyl (C=O) groups is 2. The number of rotatable bonds is 9. The Bertz CT molecular complexity index is 1370. The lowest BCUT2D eigenvalue weighted by atomic mass is 9.90. The van der Waals surface area contributed by atoms with E-state index in [2.05, 4.69) is 34.1 Å². The standard InChI is InChI=1S/C32H36N4O2/c1-34(32(38)26-13-7-4-8-14-26)23-27(24-11-5-3-6-12-24)19-22-36-20-17-25(18-21-36)30(37)31-33-28-15-9-10-16-29(28)35(31)2/h3-16,25,27H,17-23H2,1-2H3. The fourth-order valence-corrected chi connectivity index (χ4v) is 5.61. The van der Waals surface area contributed by atoms with Gasteiger partial charge in [-0.1, -0.05) is 60.7 Å². The summed E-state index contributed by atoms with van der Waals surface area (Å²) in [5.41, 5.74) is 3.84. The van der Waals surface area contributed by atoms with E-state index in [1.165, 1.54) is 5.56 Å². The number of piperidine rings is 1. The van der Waals surface area contributed by atoms with Gasteiger partial charge in [0.2, 0.25) is 5.78 Å². The number of carbonyl (C=O) groups excluding carboxylic acids is 2. The molecular formula is C32H36N4O2. The van der Waals surface area contributed by atoms with Gasteiger partial charge in [0.05, 0.1) is 11.0 Å². The number of nitrogens with zero attached hydrogens (tertiary/aromatic N) is 4. The molecule has 1 aromatic heterocycles. The fraction of sp³-hybridized carbons (Fsp3) is 0.344. The van der Waals surface area contributed by atoms with Gasteiger partial charge in [-0.2, -0.15) is 0 Å². The van der Waals surface area contributed by atoms with E-state index in [0.29, 0.717) is 17.9 Å². The monoisotopic (exact) mass is 508 g/mol. The number of likely N-dealkylation sites (N-methyl/N-ethyl adjacent to an activating group) is 1. The number of benzene rings is 3. The number of likely N-dealkylation sites (tertiary alicyclic amines) is 1. The molecule has 1 atom stereocenters. The predicted molar refractivity (Wildman–Crippen MR) is 151 cm³/mol. The first-order chi connectivity index (χ1) is 18.5. The highest BCUT2D eigenvalue weighted by molar-refractivity contribution is 5.98. The van der Waals surface area contributed by atoms with Crippen molar-refractivity contribution in [1.82, 2.24) is 19.4 Å². The van der Waals surface area contributed by atoms with E-state index in [0.717, 1.165) is 49.9 Å². The van der Waals surface area contributed by atoms with Crippen LogP contribution in [0.4, 0.5) is 0 Å². The molecule has 2 heterocycles. The lowest BCUT2D eigenvalue weighted by molar-refractivity contribution is 0.0779. The van der Waals surface area contributed by atoms with Gasteiger partial charge in [0.1, 0.15) is 0 Å². The Morgan fingerprint density at radius 1 is 0.921 bits per heavy atom. The van der Waals surface area contributed by atoms with Crippen LogP contribution in [0.25, 0.3) is 11.0 Å². The third-order valence-corrected chi connectivity index (χ3v) is 7.89. The Kier molecular flexibility index (Phi) is 7.99. The van der Waals surface area contributed by atoms with Gasteiger partial charge >= 0.3 is 0 Å². The molecule has 6 nitrogen and oxygen atoms in total. The topological polar surface area (TPSA) is 58.4 Å². The van der Waals surface area contributed by atoms with Crippen molar-refractivity contribution in [3.05, 3.63) is 102 Å². The Morgan fingerprint density at radius 3 is 2.24 bits per heavy atom. The molecule has 1 unspecified atom stereocenters. The normalized spacial score (nSPS) is 15.4. The van der Waals surface area contributed by atoms with Crippen LogP contribution in [0.1, 0.15) is 51.7 Å². The van der Waals surface area contributed by atoms with Gasteiger partial charge in [-0.25, -0.2) is 4.98 Å². The van der Waals surface area contributed by atoms with Gasteiger partial charge < -0.3 is 14.4 Å². The number of imidazole rings is 1. The lowest BCUT2D eigenvalue weighted by Gasteiger charge is -2.33. The third-order valence-electron chi connectivity index (χ3n) is 7.89. The van der Waals surface area contributed by atoms with Crippen LogP contribution in [0.3, 0.4) is 0 Å². The number of amides is 1. The molecule has 0 N–H and O–H groups in total. The SMILES string of the molecule is CN(CC(CCN1CCC(C(=O)c2nc3ccccc3n2C)CC1)c1ccccc1)C(=O)c1ccccc1. The number of hydrogen-bond acceptors (Lipinski definition) is 4. The molecule has 38 heavy (non-hydrogen) atoms. The zero-order valence-electron chi connectivity index (χ0n) is 22.3. The number of hydrogen-bond donors (Lipinski definition) is 0. The first kappa shape index (κ1) is 25.9. The second kappa shape index (κ2) is 11.7. The van der Waals surface area contributed by atoms with Crippen LogP contribution >= 0.6 is 0 Å². The van der Waals surface area contributed by atoms with Gasteiger partial charge in [-0.3, -0.25) is 9.59 Å². The maximum absolute atomic E-state index is 13.3. The van der Waals surface area contributed by atoms with Crippen LogP contribution in [-0.4, -0.2) is 64.3 Å². The highest BCUT2D eigenvalue weighted by Gasteiger charge is 2.29. The molecule has 1 saturated heterocycles. The molecule has 1 aliphatic heterocycles. The van der Waals surface area contributed by atoms with Gasteiger partial charge in [0.15, 0.2) is 5.82 Å². The number of Topliss-reactive ketones (excluding diaryl/α,β-unsaturated/α-hetero) is 1.